The molecule has 1 saturated heterocycles. The quantitative estimate of drug-likeness (QED) is 0.215. The van der Waals surface area contributed by atoms with Crippen LogP contribution < -0.4 is 21.3 Å². The van der Waals surface area contributed by atoms with Crippen molar-refractivity contribution in [3.63, 3.8) is 0 Å². The molecule has 37 heavy (non-hydrogen) atoms. The van der Waals surface area contributed by atoms with Crippen LogP contribution in [0.1, 0.15) is 29.8 Å². The zero-order valence-electron chi connectivity index (χ0n) is 20.5. The third-order valence-corrected chi connectivity index (χ3v) is 6.24. The fourth-order valence-electron chi connectivity index (χ4n) is 4.36. The van der Waals surface area contributed by atoms with Crippen LogP contribution in [-0.2, 0) is 0 Å². The third-order valence-electron chi connectivity index (χ3n) is 6.24. The van der Waals surface area contributed by atoms with Crippen molar-refractivity contribution in [2.75, 3.05) is 42.1 Å². The second-order valence-electron chi connectivity index (χ2n) is 8.97. The molecule has 2 aromatic heterocycles. The van der Waals surface area contributed by atoms with Crippen LogP contribution >= 0.6 is 0 Å². The molecule has 0 unspecified atom stereocenters. The molecule has 4 aromatic rings. The van der Waals surface area contributed by atoms with Gasteiger partial charge >= 0.3 is 6.03 Å². The minimum atomic E-state index is -0.321. The smallest absolute Gasteiger partial charge is 0.323 e. The number of carbonyl (C=O) groups is 2. The molecule has 10 nitrogen and oxygen atoms in total. The Balaban J connectivity index is 1.17. The number of likely N-dealkylation sites (tertiary alicyclic amines) is 1. The van der Waals surface area contributed by atoms with Crippen LogP contribution in [0.3, 0.4) is 0 Å². The molecule has 3 heterocycles. The molecule has 1 fully saturated rings. The summed E-state index contributed by atoms with van der Waals surface area (Å²) in [5.74, 6) is 0.423. The number of hydrogen-bond acceptors (Lipinski definition) is 6. The molecule has 1 aliphatic rings. The highest BCUT2D eigenvalue weighted by Gasteiger charge is 2.14. The molecule has 0 radical (unpaired) electrons. The first-order chi connectivity index (χ1) is 18.1. The number of fused-ring (bicyclic) bond motifs is 1. The minimum absolute atomic E-state index is 0.158. The van der Waals surface area contributed by atoms with E-state index < -0.39 is 0 Å². The lowest BCUT2D eigenvalue weighted by Crippen LogP contribution is -2.28. The van der Waals surface area contributed by atoms with Gasteiger partial charge in [-0.2, -0.15) is 0 Å². The van der Waals surface area contributed by atoms with Crippen LogP contribution in [0.15, 0.2) is 67.0 Å². The number of aromatic amines is 1. The van der Waals surface area contributed by atoms with E-state index in [1.807, 2.05) is 42.5 Å². The molecule has 10 heteroatoms. The van der Waals surface area contributed by atoms with E-state index in [0.717, 1.165) is 31.7 Å². The summed E-state index contributed by atoms with van der Waals surface area (Å²) in [6, 6.07) is 18.0. The number of anilines is 4. The van der Waals surface area contributed by atoms with Gasteiger partial charge in [0, 0.05) is 23.6 Å². The Kier molecular flexibility index (Phi) is 7.56. The number of urea groups is 1. The number of carbonyl (C=O) groups excluding carboxylic acids is 2. The molecular formula is C27H30N8O2. The van der Waals surface area contributed by atoms with Crippen LogP contribution in [0.25, 0.3) is 11.0 Å². The number of nitrogens with zero attached hydrogens (tertiary/aromatic N) is 3. The van der Waals surface area contributed by atoms with Crippen molar-refractivity contribution in [1.82, 2.24) is 25.2 Å². The Bertz CT molecular complexity index is 1350. The van der Waals surface area contributed by atoms with Gasteiger partial charge in [0.1, 0.15) is 23.5 Å². The van der Waals surface area contributed by atoms with E-state index >= 15 is 0 Å². The predicted octanol–water partition coefficient (Wildman–Crippen LogP) is 4.56. The molecule has 0 saturated carbocycles. The normalized spacial score (nSPS) is 13.4. The topological polar surface area (TPSA) is 127 Å². The summed E-state index contributed by atoms with van der Waals surface area (Å²) >= 11 is 0. The summed E-state index contributed by atoms with van der Waals surface area (Å²) in [6.45, 7) is 3.96. The lowest BCUT2D eigenvalue weighted by Gasteiger charge is -2.14. The molecule has 1 aliphatic heterocycles. The second kappa shape index (κ2) is 11.5. The van der Waals surface area contributed by atoms with Crippen molar-refractivity contribution in [1.29, 1.82) is 0 Å². The van der Waals surface area contributed by atoms with Gasteiger partial charge in [-0.3, -0.25) is 4.79 Å². The van der Waals surface area contributed by atoms with E-state index in [0.29, 0.717) is 40.5 Å². The van der Waals surface area contributed by atoms with Gasteiger partial charge in [0.15, 0.2) is 0 Å². The first-order valence-electron chi connectivity index (χ1n) is 12.5. The molecule has 2 aromatic carbocycles. The lowest BCUT2D eigenvalue weighted by atomic mass is 10.2. The Labute approximate surface area is 214 Å². The summed E-state index contributed by atoms with van der Waals surface area (Å²) < 4.78 is 0. The first kappa shape index (κ1) is 24.3. The fraction of sp³-hybridized carbons (Fsp3) is 0.259. The highest BCUT2D eigenvalue weighted by molar-refractivity contribution is 6.01. The van der Waals surface area contributed by atoms with Gasteiger partial charge in [-0.05, 0) is 81.4 Å². The first-order valence-corrected chi connectivity index (χ1v) is 12.5. The van der Waals surface area contributed by atoms with Crippen molar-refractivity contribution in [2.45, 2.75) is 19.3 Å². The van der Waals surface area contributed by atoms with Gasteiger partial charge in [-0.25, -0.2) is 14.8 Å². The molecule has 190 valence electrons. The lowest BCUT2D eigenvalue weighted by molar-refractivity contribution is 0.0948. The van der Waals surface area contributed by atoms with Crippen LogP contribution in [0.2, 0.25) is 0 Å². The van der Waals surface area contributed by atoms with E-state index in [9.17, 15) is 9.59 Å². The summed E-state index contributed by atoms with van der Waals surface area (Å²) in [4.78, 5) is 39.0. The van der Waals surface area contributed by atoms with E-state index in [1.54, 1.807) is 18.2 Å². The number of para-hydroxylation sites is 1. The highest BCUT2D eigenvalue weighted by atomic mass is 16.2. The van der Waals surface area contributed by atoms with Crippen LogP contribution in [0.4, 0.5) is 27.7 Å². The summed E-state index contributed by atoms with van der Waals surface area (Å²) in [5, 5.41) is 12.6. The molecule has 0 aliphatic carbocycles. The molecule has 3 amide bonds. The Morgan fingerprint density at radius 3 is 2.35 bits per heavy atom. The van der Waals surface area contributed by atoms with E-state index in [1.165, 1.54) is 19.2 Å². The predicted molar refractivity (Wildman–Crippen MR) is 145 cm³/mol. The number of benzene rings is 2. The van der Waals surface area contributed by atoms with E-state index in [-0.39, 0.29) is 11.9 Å². The summed E-state index contributed by atoms with van der Waals surface area (Å²) in [5.41, 5.74) is 3.17. The monoisotopic (exact) mass is 498 g/mol. The zero-order chi connectivity index (χ0) is 25.5. The SMILES string of the molecule is O=C(Nc1ccccc1)Nc1ccc(Nc2ncnc3[nH]c(C(=O)NCCCN4CCCC4)cc23)cc1. The van der Waals surface area contributed by atoms with E-state index in [4.69, 9.17) is 0 Å². The van der Waals surface area contributed by atoms with Crippen molar-refractivity contribution in [3.05, 3.63) is 72.7 Å². The molecule has 0 atom stereocenters. The maximum Gasteiger partial charge on any atom is 0.323 e. The van der Waals surface area contributed by atoms with Crippen molar-refractivity contribution >= 4 is 45.9 Å². The Morgan fingerprint density at radius 2 is 1.59 bits per heavy atom. The number of rotatable bonds is 9. The molecular weight excluding hydrogens is 468 g/mol. The van der Waals surface area contributed by atoms with Crippen molar-refractivity contribution < 1.29 is 9.59 Å². The Morgan fingerprint density at radius 1 is 0.892 bits per heavy atom. The van der Waals surface area contributed by atoms with Gasteiger partial charge < -0.3 is 31.2 Å². The van der Waals surface area contributed by atoms with Crippen LogP contribution in [0.5, 0.6) is 0 Å². The maximum atomic E-state index is 12.7. The maximum absolute atomic E-state index is 12.7. The standard InChI is InChI=1S/C27H30N8O2/c36-26(28-13-6-16-35-14-4-5-15-35)23-17-22-24(29-18-30-25(22)34-23)31-20-9-11-21(12-10-20)33-27(37)32-19-7-2-1-3-8-19/h1-3,7-12,17-18H,4-6,13-16H2,(H,28,36)(H2,32,33,37)(H2,29,30,31,34). The number of amides is 3. The summed E-state index contributed by atoms with van der Waals surface area (Å²) in [6.07, 6.45) is 4.91. The number of hydrogen-bond donors (Lipinski definition) is 5. The highest BCUT2D eigenvalue weighted by Crippen LogP contribution is 2.25. The zero-order valence-corrected chi connectivity index (χ0v) is 20.5. The van der Waals surface area contributed by atoms with Crippen LogP contribution in [0, 0.1) is 0 Å². The average molecular weight is 499 g/mol. The second-order valence-corrected chi connectivity index (χ2v) is 8.97. The van der Waals surface area contributed by atoms with Gasteiger partial charge in [0.25, 0.3) is 5.91 Å². The molecule has 0 bridgehead atoms. The number of aromatic nitrogens is 3. The van der Waals surface area contributed by atoms with Gasteiger partial charge in [0.2, 0.25) is 0 Å². The number of nitrogens with one attached hydrogen (secondary N) is 5. The van der Waals surface area contributed by atoms with Crippen LogP contribution in [-0.4, -0.2) is 58.0 Å². The van der Waals surface area contributed by atoms with Crippen molar-refractivity contribution in [3.8, 4) is 0 Å². The van der Waals surface area contributed by atoms with Gasteiger partial charge in [0.05, 0.1) is 5.39 Å². The fourth-order valence-corrected chi connectivity index (χ4v) is 4.36. The average Bonchev–Trinajstić information content (AvgIpc) is 3.59. The summed E-state index contributed by atoms with van der Waals surface area (Å²) in [7, 11) is 0. The molecule has 5 rings (SSSR count). The van der Waals surface area contributed by atoms with Gasteiger partial charge in [-0.15, -0.1) is 0 Å². The van der Waals surface area contributed by atoms with E-state index in [2.05, 4.69) is 41.1 Å². The van der Waals surface area contributed by atoms with Gasteiger partial charge in [-0.1, -0.05) is 18.2 Å². The minimum Gasteiger partial charge on any atom is -0.351 e. The largest absolute Gasteiger partial charge is 0.351 e. The molecule has 0 spiro atoms. The number of H-pyrrole nitrogens is 1. The molecule has 5 N–H and O–H groups in total. The third kappa shape index (κ3) is 6.42. The Hall–Kier alpha value is -4.44. The van der Waals surface area contributed by atoms with Crippen molar-refractivity contribution in [2.24, 2.45) is 0 Å².